The van der Waals surface area contributed by atoms with Crippen LogP contribution in [0.1, 0.15) is 25.7 Å². The van der Waals surface area contributed by atoms with Crippen LogP contribution in [-0.2, 0) is 9.13 Å². The molecule has 4 N–H and O–H groups in total. The molecular formula is C9H22NO6P2+. The summed E-state index contributed by atoms with van der Waals surface area (Å²) in [6.07, 6.45) is 2.56. The molecule has 1 fully saturated rings. The molecule has 0 amide bonds. The standard InChI is InChI=1S/C9H21NO6P2/c1-10(2)6-4-3-5-8(10)7-9(17(11,12)13)18(14,15)16/h8-9H,3-7H2,1-2H3,(H3-,11,12,13,14,15,16)/p+1. The van der Waals surface area contributed by atoms with Crippen LogP contribution in [-0.4, -0.2) is 56.1 Å². The molecule has 1 atom stereocenters. The summed E-state index contributed by atoms with van der Waals surface area (Å²) >= 11 is 0. The second-order valence-corrected chi connectivity index (χ2v) is 9.56. The van der Waals surface area contributed by atoms with Gasteiger partial charge in [0.15, 0.2) is 5.40 Å². The summed E-state index contributed by atoms with van der Waals surface area (Å²) < 4.78 is 23.1. The SMILES string of the molecule is C[N+]1(C)CCCCC1CC(P(=O)(O)O)P(=O)(O)O. The molecule has 0 spiro atoms. The van der Waals surface area contributed by atoms with Gasteiger partial charge in [-0.05, 0) is 19.3 Å². The Morgan fingerprint density at radius 1 is 1.11 bits per heavy atom. The van der Waals surface area contributed by atoms with Crippen molar-refractivity contribution in [3.63, 3.8) is 0 Å². The first-order chi connectivity index (χ1) is 7.94. The molecule has 1 heterocycles. The molecule has 9 heteroatoms. The van der Waals surface area contributed by atoms with Crippen molar-refractivity contribution < 1.29 is 33.2 Å². The number of piperidine rings is 1. The zero-order chi connectivity index (χ0) is 14.2. The molecule has 18 heavy (non-hydrogen) atoms. The van der Waals surface area contributed by atoms with Crippen molar-refractivity contribution in [3.8, 4) is 0 Å². The Bertz CT molecular complexity index is 365. The molecule has 0 aliphatic carbocycles. The highest BCUT2D eigenvalue weighted by Crippen LogP contribution is 2.62. The van der Waals surface area contributed by atoms with Gasteiger partial charge in [0.1, 0.15) is 0 Å². The Labute approximate surface area is 107 Å². The van der Waals surface area contributed by atoms with Crippen molar-refractivity contribution in [2.75, 3.05) is 20.6 Å². The van der Waals surface area contributed by atoms with Gasteiger partial charge >= 0.3 is 15.2 Å². The fraction of sp³-hybridized carbons (Fsp3) is 1.00. The molecule has 0 aromatic heterocycles. The van der Waals surface area contributed by atoms with E-state index in [-0.39, 0.29) is 12.5 Å². The van der Waals surface area contributed by atoms with Gasteiger partial charge in [0, 0.05) is 6.42 Å². The Balaban J connectivity index is 2.91. The third-order valence-corrected chi connectivity index (χ3v) is 7.55. The maximum absolute atomic E-state index is 11.3. The van der Waals surface area contributed by atoms with E-state index in [1.54, 1.807) is 0 Å². The molecule has 108 valence electrons. The summed E-state index contributed by atoms with van der Waals surface area (Å²) in [4.78, 5) is 36.5. The van der Waals surface area contributed by atoms with E-state index >= 15 is 0 Å². The first kappa shape index (κ1) is 16.3. The topological polar surface area (TPSA) is 115 Å². The van der Waals surface area contributed by atoms with Crippen molar-refractivity contribution in [1.29, 1.82) is 0 Å². The van der Waals surface area contributed by atoms with Gasteiger partial charge < -0.3 is 24.1 Å². The number of likely N-dealkylation sites (tertiary alicyclic amines) is 1. The molecule has 0 bridgehead atoms. The molecule has 0 radical (unpaired) electrons. The van der Waals surface area contributed by atoms with Gasteiger partial charge in [-0.1, -0.05) is 0 Å². The van der Waals surface area contributed by atoms with Gasteiger partial charge in [0.2, 0.25) is 0 Å². The molecule has 1 aliphatic rings. The van der Waals surface area contributed by atoms with Crippen molar-refractivity contribution in [2.45, 2.75) is 37.1 Å². The number of nitrogens with zero attached hydrogens (tertiary/aromatic N) is 1. The van der Waals surface area contributed by atoms with Gasteiger partial charge in [0.25, 0.3) is 0 Å². The van der Waals surface area contributed by atoms with Crippen LogP contribution < -0.4 is 0 Å². The minimum Gasteiger partial charge on any atom is -0.326 e. The zero-order valence-corrected chi connectivity index (χ0v) is 12.4. The van der Waals surface area contributed by atoms with Crippen molar-refractivity contribution in [1.82, 2.24) is 0 Å². The monoisotopic (exact) mass is 302 g/mol. The number of quaternary nitrogens is 1. The molecule has 1 aliphatic heterocycles. The van der Waals surface area contributed by atoms with E-state index in [1.165, 1.54) is 0 Å². The highest BCUT2D eigenvalue weighted by molar-refractivity contribution is 7.70. The van der Waals surface area contributed by atoms with Crippen LogP contribution >= 0.6 is 15.2 Å². The smallest absolute Gasteiger partial charge is 0.326 e. The Morgan fingerprint density at radius 2 is 1.61 bits per heavy atom. The summed E-state index contributed by atoms with van der Waals surface area (Å²) in [6.45, 7) is 0.861. The van der Waals surface area contributed by atoms with Crippen LogP contribution in [0.15, 0.2) is 0 Å². The predicted molar refractivity (Wildman–Crippen MR) is 67.1 cm³/mol. The minimum absolute atomic E-state index is 0.121. The molecular weight excluding hydrogens is 280 g/mol. The van der Waals surface area contributed by atoms with Crippen molar-refractivity contribution in [3.05, 3.63) is 0 Å². The largest absolute Gasteiger partial charge is 0.340 e. The normalized spacial score (nSPS) is 25.4. The Hall–Kier alpha value is 0.260. The first-order valence-corrected chi connectivity index (χ1v) is 9.24. The predicted octanol–water partition coefficient (Wildman–Crippen LogP) is 0.687. The lowest BCUT2D eigenvalue weighted by atomic mass is 9.98. The second-order valence-electron chi connectivity index (χ2n) is 5.55. The fourth-order valence-corrected chi connectivity index (χ4v) is 5.15. The van der Waals surface area contributed by atoms with Crippen LogP contribution in [0.2, 0.25) is 0 Å². The minimum atomic E-state index is -4.79. The third kappa shape index (κ3) is 4.14. The van der Waals surface area contributed by atoms with E-state index in [2.05, 4.69) is 0 Å². The van der Waals surface area contributed by atoms with Gasteiger partial charge in [-0.3, -0.25) is 9.13 Å². The maximum Gasteiger partial charge on any atom is 0.340 e. The Kier molecular flexibility index (Phi) is 4.83. The third-order valence-electron chi connectivity index (χ3n) is 3.77. The molecule has 1 saturated heterocycles. The van der Waals surface area contributed by atoms with E-state index in [9.17, 15) is 9.13 Å². The molecule has 7 nitrogen and oxygen atoms in total. The fourth-order valence-electron chi connectivity index (χ4n) is 2.55. The number of hydrogen-bond donors (Lipinski definition) is 4. The van der Waals surface area contributed by atoms with Crippen LogP contribution in [0.5, 0.6) is 0 Å². The average Bonchev–Trinajstić information content (AvgIpc) is 2.11. The molecule has 0 aromatic rings. The molecule has 0 aromatic carbocycles. The lowest BCUT2D eigenvalue weighted by Gasteiger charge is -2.42. The lowest BCUT2D eigenvalue weighted by molar-refractivity contribution is -0.920. The van der Waals surface area contributed by atoms with Crippen LogP contribution in [0, 0.1) is 0 Å². The van der Waals surface area contributed by atoms with Gasteiger partial charge in [0.05, 0.1) is 26.7 Å². The van der Waals surface area contributed by atoms with Crippen LogP contribution in [0.25, 0.3) is 0 Å². The van der Waals surface area contributed by atoms with E-state index < -0.39 is 20.6 Å². The van der Waals surface area contributed by atoms with Crippen molar-refractivity contribution in [2.24, 2.45) is 0 Å². The van der Waals surface area contributed by atoms with E-state index in [1.807, 2.05) is 14.1 Å². The first-order valence-electron chi connectivity index (χ1n) is 5.88. The number of hydrogen-bond acceptors (Lipinski definition) is 2. The Morgan fingerprint density at radius 3 is 2.00 bits per heavy atom. The van der Waals surface area contributed by atoms with E-state index in [0.717, 1.165) is 25.8 Å². The van der Waals surface area contributed by atoms with Crippen LogP contribution in [0.4, 0.5) is 0 Å². The summed E-state index contributed by atoms with van der Waals surface area (Å²) in [5, 5.41) is -1.87. The highest BCUT2D eigenvalue weighted by Gasteiger charge is 2.47. The summed E-state index contributed by atoms with van der Waals surface area (Å²) in [5.74, 6) is 0. The van der Waals surface area contributed by atoms with Gasteiger partial charge in [-0.2, -0.15) is 0 Å². The summed E-state index contributed by atoms with van der Waals surface area (Å²) in [7, 11) is -5.73. The quantitative estimate of drug-likeness (QED) is 0.448. The summed E-state index contributed by atoms with van der Waals surface area (Å²) in [6, 6.07) is -0.121. The van der Waals surface area contributed by atoms with Gasteiger partial charge in [-0.25, -0.2) is 0 Å². The summed E-state index contributed by atoms with van der Waals surface area (Å²) in [5.41, 5.74) is 0. The lowest BCUT2D eigenvalue weighted by Crippen LogP contribution is -2.52. The van der Waals surface area contributed by atoms with E-state index in [4.69, 9.17) is 19.6 Å². The average molecular weight is 302 g/mol. The number of rotatable bonds is 4. The van der Waals surface area contributed by atoms with Gasteiger partial charge in [-0.15, -0.1) is 0 Å². The van der Waals surface area contributed by atoms with E-state index in [0.29, 0.717) is 4.48 Å². The zero-order valence-electron chi connectivity index (χ0n) is 10.6. The molecule has 0 saturated carbocycles. The maximum atomic E-state index is 11.3. The highest BCUT2D eigenvalue weighted by atomic mass is 31.2. The molecule has 1 unspecified atom stereocenters. The van der Waals surface area contributed by atoms with Crippen molar-refractivity contribution >= 4 is 15.2 Å². The second kappa shape index (κ2) is 5.33. The van der Waals surface area contributed by atoms with Crippen LogP contribution in [0.3, 0.4) is 0 Å². The molecule has 1 rings (SSSR count).